The van der Waals surface area contributed by atoms with Gasteiger partial charge >= 0.3 is 0 Å². The second kappa shape index (κ2) is 8.75. The van der Waals surface area contributed by atoms with E-state index in [9.17, 15) is 26.8 Å². The van der Waals surface area contributed by atoms with Gasteiger partial charge in [-0.3, -0.25) is 9.59 Å². The average molecular weight is 403 g/mol. The maximum atomic E-state index is 13.5. The van der Waals surface area contributed by atoms with Gasteiger partial charge in [0.1, 0.15) is 6.04 Å². The molecular weight excluding hydrogens is 380 g/mol. The summed E-state index contributed by atoms with van der Waals surface area (Å²) in [4.78, 5) is 24.7. The van der Waals surface area contributed by atoms with E-state index in [2.05, 4.69) is 10.6 Å². The van der Waals surface area contributed by atoms with E-state index in [1.165, 1.54) is 17.4 Å². The summed E-state index contributed by atoms with van der Waals surface area (Å²) in [6.07, 6.45) is 0.645. The van der Waals surface area contributed by atoms with E-state index in [1.807, 2.05) is 0 Å². The number of nitrogens with zero attached hydrogens (tertiary/aromatic N) is 1. The molecule has 0 spiro atoms. The molecule has 2 amide bonds. The van der Waals surface area contributed by atoms with Gasteiger partial charge in [0.15, 0.2) is 11.6 Å². The summed E-state index contributed by atoms with van der Waals surface area (Å²) in [5.74, 6) is -3.63. The molecular formula is C17H23F2N3O4S. The Morgan fingerprint density at radius 3 is 2.37 bits per heavy atom. The summed E-state index contributed by atoms with van der Waals surface area (Å²) >= 11 is 0. The number of rotatable bonds is 6. The lowest BCUT2D eigenvalue weighted by Gasteiger charge is -2.31. The van der Waals surface area contributed by atoms with Gasteiger partial charge in [0, 0.05) is 26.1 Å². The Morgan fingerprint density at radius 2 is 1.85 bits per heavy atom. The van der Waals surface area contributed by atoms with Crippen LogP contribution in [0.5, 0.6) is 0 Å². The molecule has 2 rings (SSSR count). The van der Waals surface area contributed by atoms with Crippen LogP contribution >= 0.6 is 0 Å². The smallest absolute Gasteiger partial charge is 0.246 e. The lowest BCUT2D eigenvalue weighted by Crippen LogP contribution is -2.46. The molecule has 2 N–H and O–H groups in total. The van der Waals surface area contributed by atoms with Crippen LogP contribution in [0.4, 0.5) is 8.78 Å². The second-order valence-electron chi connectivity index (χ2n) is 6.30. The fourth-order valence-corrected chi connectivity index (χ4v) is 4.11. The van der Waals surface area contributed by atoms with Crippen molar-refractivity contribution in [1.82, 2.24) is 14.9 Å². The summed E-state index contributed by atoms with van der Waals surface area (Å²) in [5, 5.41) is 4.94. The molecule has 10 heteroatoms. The van der Waals surface area contributed by atoms with Crippen molar-refractivity contribution in [3.05, 3.63) is 35.4 Å². The number of carbonyl (C=O) groups excluding carboxylic acids is 2. The highest BCUT2D eigenvalue weighted by Gasteiger charge is 2.32. The lowest BCUT2D eigenvalue weighted by atomic mass is 9.96. The Hall–Kier alpha value is -2.07. The topological polar surface area (TPSA) is 95.6 Å². The summed E-state index contributed by atoms with van der Waals surface area (Å²) in [6, 6.07) is 1.82. The summed E-state index contributed by atoms with van der Waals surface area (Å²) in [5.41, 5.74) is 0.118. The van der Waals surface area contributed by atoms with Crippen LogP contribution in [0.2, 0.25) is 0 Å². The van der Waals surface area contributed by atoms with Crippen molar-refractivity contribution in [3.8, 4) is 0 Å². The van der Waals surface area contributed by atoms with Crippen LogP contribution in [0, 0.1) is 17.6 Å². The van der Waals surface area contributed by atoms with E-state index < -0.39 is 45.4 Å². The third-order valence-electron chi connectivity index (χ3n) is 4.66. The molecule has 1 aliphatic heterocycles. The van der Waals surface area contributed by atoms with Crippen molar-refractivity contribution < 1.29 is 26.8 Å². The fourth-order valence-electron chi connectivity index (χ4n) is 2.98. The number of amides is 2. The van der Waals surface area contributed by atoms with Crippen molar-refractivity contribution in [3.63, 3.8) is 0 Å². The van der Waals surface area contributed by atoms with Gasteiger partial charge in [-0.05, 0) is 37.5 Å². The minimum atomic E-state index is -3.30. The third kappa shape index (κ3) is 5.01. The molecule has 1 unspecified atom stereocenters. The van der Waals surface area contributed by atoms with Crippen LogP contribution in [0.1, 0.15) is 31.4 Å². The zero-order chi connectivity index (χ0) is 20.2. The monoisotopic (exact) mass is 403 g/mol. The van der Waals surface area contributed by atoms with Gasteiger partial charge in [-0.15, -0.1) is 0 Å². The maximum Gasteiger partial charge on any atom is 0.246 e. The van der Waals surface area contributed by atoms with E-state index in [0.717, 1.165) is 12.1 Å². The first-order valence-electron chi connectivity index (χ1n) is 8.64. The van der Waals surface area contributed by atoms with Crippen molar-refractivity contribution in [2.24, 2.45) is 5.92 Å². The number of nitrogens with one attached hydrogen (secondary N) is 2. The normalized spacial score (nSPS) is 17.3. The van der Waals surface area contributed by atoms with Crippen LogP contribution in [-0.2, 0) is 19.6 Å². The Morgan fingerprint density at radius 1 is 1.22 bits per heavy atom. The first-order chi connectivity index (χ1) is 12.7. The van der Waals surface area contributed by atoms with Gasteiger partial charge in [-0.1, -0.05) is 6.07 Å². The molecule has 0 aromatic heterocycles. The first-order valence-corrected chi connectivity index (χ1v) is 10.2. The molecule has 7 nitrogen and oxygen atoms in total. The van der Waals surface area contributed by atoms with Crippen LogP contribution < -0.4 is 10.6 Å². The van der Waals surface area contributed by atoms with E-state index in [-0.39, 0.29) is 24.4 Å². The Labute approximate surface area is 157 Å². The van der Waals surface area contributed by atoms with Gasteiger partial charge in [0.2, 0.25) is 21.8 Å². The predicted octanol–water partition coefficient (Wildman–Crippen LogP) is 0.930. The SMILES string of the molecule is CCS(=O)(=O)N1CCC(C(=O)NC(C(=O)NC)c2ccc(F)c(F)c2)CC1. The molecule has 1 fully saturated rings. The number of sulfonamides is 1. The zero-order valence-corrected chi connectivity index (χ0v) is 16.0. The number of carbonyl (C=O) groups is 2. The minimum absolute atomic E-state index is 0.00125. The van der Waals surface area contributed by atoms with E-state index >= 15 is 0 Å². The number of benzene rings is 1. The minimum Gasteiger partial charge on any atom is -0.357 e. The molecule has 1 aliphatic rings. The highest BCUT2D eigenvalue weighted by Crippen LogP contribution is 2.22. The number of hydrogen-bond donors (Lipinski definition) is 2. The molecule has 0 bridgehead atoms. The van der Waals surface area contributed by atoms with Crippen LogP contribution in [-0.4, -0.2) is 50.4 Å². The van der Waals surface area contributed by atoms with E-state index in [4.69, 9.17) is 0 Å². The average Bonchev–Trinajstić information content (AvgIpc) is 2.67. The quantitative estimate of drug-likeness (QED) is 0.739. The molecule has 0 saturated carbocycles. The number of piperidine rings is 1. The van der Waals surface area contributed by atoms with Gasteiger partial charge < -0.3 is 10.6 Å². The lowest BCUT2D eigenvalue weighted by molar-refractivity contribution is -0.131. The van der Waals surface area contributed by atoms with Crippen molar-refractivity contribution in [2.45, 2.75) is 25.8 Å². The van der Waals surface area contributed by atoms with Gasteiger partial charge in [0.05, 0.1) is 5.75 Å². The standard InChI is InChI=1S/C17H23F2N3O4S/c1-3-27(25,26)22-8-6-11(7-9-22)16(23)21-15(17(24)20-2)12-4-5-13(18)14(19)10-12/h4-5,10-11,15H,3,6-9H2,1-2H3,(H,20,24)(H,21,23). The zero-order valence-electron chi connectivity index (χ0n) is 15.2. The largest absolute Gasteiger partial charge is 0.357 e. The summed E-state index contributed by atoms with van der Waals surface area (Å²) in [6.45, 7) is 2.01. The molecule has 1 heterocycles. The third-order valence-corrected chi connectivity index (χ3v) is 6.54. The molecule has 1 atom stereocenters. The van der Waals surface area contributed by atoms with Gasteiger partial charge in [0.25, 0.3) is 0 Å². The van der Waals surface area contributed by atoms with Gasteiger partial charge in [-0.25, -0.2) is 21.5 Å². The number of halogens is 2. The van der Waals surface area contributed by atoms with Gasteiger partial charge in [-0.2, -0.15) is 0 Å². The van der Waals surface area contributed by atoms with Crippen LogP contribution in [0.25, 0.3) is 0 Å². The highest BCUT2D eigenvalue weighted by molar-refractivity contribution is 7.89. The Kier molecular flexibility index (Phi) is 6.88. The van der Waals surface area contributed by atoms with Crippen molar-refractivity contribution in [1.29, 1.82) is 0 Å². The fraction of sp³-hybridized carbons (Fsp3) is 0.529. The highest BCUT2D eigenvalue weighted by atomic mass is 32.2. The van der Waals surface area contributed by atoms with Crippen molar-refractivity contribution in [2.75, 3.05) is 25.9 Å². The molecule has 0 aliphatic carbocycles. The molecule has 1 saturated heterocycles. The molecule has 0 radical (unpaired) electrons. The summed E-state index contributed by atoms with van der Waals surface area (Å²) in [7, 11) is -1.93. The molecule has 1 aromatic rings. The number of likely N-dealkylation sites (N-methyl/N-ethyl adjacent to an activating group) is 1. The van der Waals surface area contributed by atoms with Crippen LogP contribution in [0.3, 0.4) is 0 Å². The van der Waals surface area contributed by atoms with Crippen molar-refractivity contribution >= 4 is 21.8 Å². The molecule has 1 aromatic carbocycles. The first kappa shape index (κ1) is 21.2. The Bertz CT molecular complexity index is 808. The molecule has 150 valence electrons. The summed E-state index contributed by atoms with van der Waals surface area (Å²) < 4.78 is 51.8. The van der Waals surface area contributed by atoms with Crippen LogP contribution in [0.15, 0.2) is 18.2 Å². The Balaban J connectivity index is 2.09. The predicted molar refractivity (Wildman–Crippen MR) is 95.1 cm³/mol. The van der Waals surface area contributed by atoms with E-state index in [1.54, 1.807) is 6.92 Å². The van der Waals surface area contributed by atoms with E-state index in [0.29, 0.717) is 12.8 Å². The maximum absolute atomic E-state index is 13.5. The second-order valence-corrected chi connectivity index (χ2v) is 8.56. The molecule has 27 heavy (non-hydrogen) atoms. The number of hydrogen-bond acceptors (Lipinski definition) is 4.